The van der Waals surface area contributed by atoms with Crippen molar-refractivity contribution in [1.29, 1.82) is 0 Å². The van der Waals surface area contributed by atoms with Gasteiger partial charge in [0, 0.05) is 0 Å². The molecule has 0 radical (unpaired) electrons. The molecule has 0 aromatic rings. The summed E-state index contributed by atoms with van der Waals surface area (Å²) < 4.78 is 0. The topological polar surface area (TPSA) is 0 Å². The minimum Gasteiger partial charge on any atom is -0.0776 e. The van der Waals surface area contributed by atoms with Crippen LogP contribution in [0.5, 0.6) is 0 Å². The largest absolute Gasteiger partial charge is 0.0776 e. The van der Waals surface area contributed by atoms with E-state index in [2.05, 4.69) is 27.7 Å². The first-order valence-electron chi connectivity index (χ1n) is 5.70. The maximum atomic E-state index is 2.44. The van der Waals surface area contributed by atoms with Gasteiger partial charge in [0.2, 0.25) is 0 Å². The monoisotopic (exact) mass is 200 g/mol. The van der Waals surface area contributed by atoms with Gasteiger partial charge in [0.25, 0.3) is 0 Å². The van der Waals surface area contributed by atoms with Crippen molar-refractivity contribution in [3.63, 3.8) is 0 Å². The third-order valence-corrected chi connectivity index (χ3v) is 3.83. The van der Waals surface area contributed by atoms with Crippen molar-refractivity contribution < 1.29 is 0 Å². The van der Waals surface area contributed by atoms with E-state index in [4.69, 9.17) is 0 Å². The summed E-state index contributed by atoms with van der Waals surface area (Å²) in [6.45, 7) is 9.13. The van der Waals surface area contributed by atoms with Gasteiger partial charge in [0.05, 0.1) is 0 Å². The highest BCUT2D eigenvalue weighted by molar-refractivity contribution is 4.92. The molecule has 2 fully saturated rings. The highest BCUT2D eigenvalue weighted by Gasteiger charge is 2.42. The molecular formula is C14H32. The molecular weight excluding hydrogens is 168 g/mol. The van der Waals surface area contributed by atoms with E-state index in [0.717, 1.165) is 23.7 Å². The molecule has 0 N–H and O–H groups in total. The number of hydrogen-bond donors (Lipinski definition) is 0. The van der Waals surface area contributed by atoms with Gasteiger partial charge in [-0.1, -0.05) is 49.0 Å². The Kier molecular flexibility index (Phi) is 8.58. The molecule has 4 atom stereocenters. The third-order valence-electron chi connectivity index (χ3n) is 3.83. The van der Waals surface area contributed by atoms with Crippen LogP contribution >= 0.6 is 0 Å². The van der Waals surface area contributed by atoms with Gasteiger partial charge < -0.3 is 0 Å². The molecule has 0 amide bonds. The molecule has 0 aromatic carbocycles. The highest BCUT2D eigenvalue weighted by Crippen LogP contribution is 2.51. The lowest BCUT2D eigenvalue weighted by Crippen LogP contribution is -2.15. The molecule has 0 heteroatoms. The normalized spacial score (nSPS) is 37.7. The van der Waals surface area contributed by atoms with Gasteiger partial charge in [-0.05, 0) is 42.9 Å². The fourth-order valence-corrected chi connectivity index (χ4v) is 2.87. The zero-order valence-corrected chi connectivity index (χ0v) is 9.14. The quantitative estimate of drug-likeness (QED) is 0.492. The first-order chi connectivity index (χ1) is 5.70. The van der Waals surface area contributed by atoms with E-state index >= 15 is 0 Å². The zero-order valence-electron chi connectivity index (χ0n) is 9.14. The maximum Gasteiger partial charge on any atom is -0.0383 e. The average Bonchev–Trinajstić information content (AvgIpc) is 2.58. The Bertz CT molecular complexity index is 110. The number of fused-ring (bicyclic) bond motifs is 2. The van der Waals surface area contributed by atoms with Gasteiger partial charge in [-0.15, -0.1) is 0 Å². The Morgan fingerprint density at radius 3 is 1.29 bits per heavy atom. The van der Waals surface area contributed by atoms with E-state index in [1.165, 1.54) is 19.3 Å². The Morgan fingerprint density at radius 2 is 1.14 bits per heavy atom. The molecule has 2 bridgehead atoms. The molecule has 0 aliphatic heterocycles. The summed E-state index contributed by atoms with van der Waals surface area (Å²) in [4.78, 5) is 0. The van der Waals surface area contributed by atoms with Crippen LogP contribution in [0.15, 0.2) is 0 Å². The standard InChI is InChI=1S/C9H16.C3H8.2CH4/c1-6-7(2)9-4-3-8(6)5-9;1-3-2;;/h6-9H,3-5H2,1-2H3;3H2,1-2H3;2*1H4. The summed E-state index contributed by atoms with van der Waals surface area (Å²) in [6, 6.07) is 0. The van der Waals surface area contributed by atoms with Crippen LogP contribution in [0, 0.1) is 23.7 Å². The van der Waals surface area contributed by atoms with Gasteiger partial charge in [-0.25, -0.2) is 0 Å². The molecule has 88 valence electrons. The Morgan fingerprint density at radius 1 is 0.857 bits per heavy atom. The van der Waals surface area contributed by atoms with Crippen LogP contribution in [-0.4, -0.2) is 0 Å². The minimum atomic E-state index is 0. The Labute approximate surface area is 92.5 Å². The van der Waals surface area contributed by atoms with E-state index in [9.17, 15) is 0 Å². The smallest absolute Gasteiger partial charge is 0.0383 e. The van der Waals surface area contributed by atoms with Crippen LogP contribution in [0.2, 0.25) is 0 Å². The lowest BCUT2D eigenvalue weighted by atomic mass is 9.82. The average molecular weight is 200 g/mol. The molecule has 0 aromatic heterocycles. The van der Waals surface area contributed by atoms with Gasteiger partial charge >= 0.3 is 0 Å². The molecule has 0 spiro atoms. The van der Waals surface area contributed by atoms with Crippen LogP contribution in [0.3, 0.4) is 0 Å². The molecule has 0 saturated heterocycles. The van der Waals surface area contributed by atoms with Crippen molar-refractivity contribution in [2.45, 2.75) is 68.2 Å². The maximum absolute atomic E-state index is 2.44. The summed E-state index contributed by atoms with van der Waals surface area (Å²) in [5, 5.41) is 0. The lowest BCUT2D eigenvalue weighted by molar-refractivity contribution is 0.259. The molecule has 14 heavy (non-hydrogen) atoms. The second-order valence-corrected chi connectivity index (χ2v) is 4.76. The van der Waals surface area contributed by atoms with Crippen LogP contribution in [0.1, 0.15) is 68.2 Å². The van der Waals surface area contributed by atoms with Crippen molar-refractivity contribution >= 4 is 0 Å². The second kappa shape index (κ2) is 7.31. The summed E-state index contributed by atoms with van der Waals surface area (Å²) in [7, 11) is 0. The predicted molar refractivity (Wildman–Crippen MR) is 68.6 cm³/mol. The highest BCUT2D eigenvalue weighted by atomic mass is 14.5. The minimum absolute atomic E-state index is 0. The predicted octanol–water partition coefficient (Wildman–Crippen LogP) is 5.38. The van der Waals surface area contributed by atoms with E-state index in [-0.39, 0.29) is 14.9 Å². The number of hydrogen-bond acceptors (Lipinski definition) is 0. The van der Waals surface area contributed by atoms with E-state index < -0.39 is 0 Å². The van der Waals surface area contributed by atoms with Gasteiger partial charge in [0.1, 0.15) is 0 Å². The van der Waals surface area contributed by atoms with Gasteiger partial charge in [0.15, 0.2) is 0 Å². The Hall–Kier alpha value is 0. The van der Waals surface area contributed by atoms with Crippen molar-refractivity contribution in [2.24, 2.45) is 23.7 Å². The molecule has 2 aliphatic carbocycles. The summed E-state index contributed by atoms with van der Waals surface area (Å²) in [5.41, 5.74) is 0. The molecule has 2 saturated carbocycles. The fourth-order valence-electron chi connectivity index (χ4n) is 2.87. The molecule has 0 nitrogen and oxygen atoms in total. The summed E-state index contributed by atoms with van der Waals surface area (Å²) in [5.74, 6) is 4.32. The zero-order chi connectivity index (χ0) is 9.14. The van der Waals surface area contributed by atoms with E-state index in [0.29, 0.717) is 0 Å². The van der Waals surface area contributed by atoms with E-state index in [1.807, 2.05) is 0 Å². The summed E-state index contributed by atoms with van der Waals surface area (Å²) in [6.07, 6.45) is 5.88. The lowest BCUT2D eigenvalue weighted by Gasteiger charge is -2.24. The SMILES string of the molecule is C.C.CC1C2CCC(C2)C1C.CCC. The molecule has 2 aliphatic rings. The fraction of sp³-hybridized carbons (Fsp3) is 1.00. The van der Waals surface area contributed by atoms with Gasteiger partial charge in [-0.2, -0.15) is 0 Å². The molecule has 4 unspecified atom stereocenters. The van der Waals surface area contributed by atoms with Crippen molar-refractivity contribution in [1.82, 2.24) is 0 Å². The van der Waals surface area contributed by atoms with E-state index in [1.54, 1.807) is 6.42 Å². The van der Waals surface area contributed by atoms with Crippen molar-refractivity contribution in [3.05, 3.63) is 0 Å². The van der Waals surface area contributed by atoms with Crippen LogP contribution in [0.25, 0.3) is 0 Å². The van der Waals surface area contributed by atoms with Crippen molar-refractivity contribution in [2.75, 3.05) is 0 Å². The summed E-state index contributed by atoms with van der Waals surface area (Å²) >= 11 is 0. The number of rotatable bonds is 0. The first kappa shape index (κ1) is 16.4. The van der Waals surface area contributed by atoms with Crippen LogP contribution in [-0.2, 0) is 0 Å². The Balaban J connectivity index is 0. The van der Waals surface area contributed by atoms with Crippen LogP contribution in [0.4, 0.5) is 0 Å². The van der Waals surface area contributed by atoms with Crippen molar-refractivity contribution in [3.8, 4) is 0 Å². The third kappa shape index (κ3) is 3.29. The van der Waals surface area contributed by atoms with Crippen LogP contribution < -0.4 is 0 Å². The van der Waals surface area contributed by atoms with Gasteiger partial charge in [-0.3, -0.25) is 0 Å². The first-order valence-corrected chi connectivity index (χ1v) is 5.70. The molecule has 0 heterocycles. The molecule has 2 rings (SSSR count). The second-order valence-electron chi connectivity index (χ2n) is 4.76.